The van der Waals surface area contributed by atoms with Crippen LogP contribution in [0.1, 0.15) is 13.8 Å². The summed E-state index contributed by atoms with van der Waals surface area (Å²) in [6, 6.07) is 7.77. The molecule has 0 unspecified atom stereocenters. The Morgan fingerprint density at radius 2 is 1.74 bits per heavy atom. The Balaban J connectivity index is 0.000000555. The van der Waals surface area contributed by atoms with Crippen LogP contribution in [-0.4, -0.2) is 30.6 Å². The molecule has 106 valence electrons. The third-order valence-corrected chi connectivity index (χ3v) is 2.17. The first kappa shape index (κ1) is 17.1. The quantitative estimate of drug-likeness (QED) is 0.374. The van der Waals surface area contributed by atoms with Crippen molar-refractivity contribution in [2.24, 2.45) is 0 Å². The lowest BCUT2D eigenvalue weighted by molar-refractivity contribution is 0.366. The average molecular weight is 288 g/mol. The number of hydrogen-bond donors (Lipinski definition) is 2. The molecule has 1 aromatic rings. The molecule has 0 aliphatic heterocycles. The second-order valence-electron chi connectivity index (χ2n) is 3.36. The lowest BCUT2D eigenvalue weighted by Gasteiger charge is -2.20. The maximum absolute atomic E-state index is 8.63. The summed E-state index contributed by atoms with van der Waals surface area (Å²) in [5.74, 6) is 0. The van der Waals surface area contributed by atoms with E-state index in [9.17, 15) is 0 Å². The maximum atomic E-state index is 8.63. The normalized spacial score (nSPS) is 9.84. The van der Waals surface area contributed by atoms with Gasteiger partial charge in [0.25, 0.3) is 5.39 Å². The van der Waals surface area contributed by atoms with Crippen molar-refractivity contribution >= 4 is 21.8 Å². The summed E-state index contributed by atoms with van der Waals surface area (Å²) < 4.78 is 32.8. The number of hydrogen-bond acceptors (Lipinski definition) is 6. The molecule has 0 saturated carbocycles. The van der Waals surface area contributed by atoms with Crippen molar-refractivity contribution in [2.45, 2.75) is 13.8 Å². The third kappa shape index (κ3) is 8.78. The molecule has 1 rings (SSSR count). The molecule has 0 bridgehead atoms. The standard InChI is InChI=1S/C10H15N4.H2O4S/c1-3-14(4-2)10-7-5-9(6-8-10)12-13-11;1-5(2,3)4/h5-8,12H,3-4H2,1-2H3;(H2,1,2,3,4)/q+1;/p-1. The highest BCUT2D eigenvalue weighted by atomic mass is 32.3. The van der Waals surface area contributed by atoms with Gasteiger partial charge in [0.15, 0.2) is 0 Å². The molecule has 2 N–H and O–H groups in total. The van der Waals surface area contributed by atoms with E-state index in [0.717, 1.165) is 18.8 Å². The molecule has 0 amide bonds. The van der Waals surface area contributed by atoms with Crippen LogP contribution in [0.5, 0.6) is 0 Å². The minimum absolute atomic E-state index is 0.781. The van der Waals surface area contributed by atoms with Crippen molar-refractivity contribution in [2.75, 3.05) is 23.4 Å². The molecule has 0 aliphatic carbocycles. The van der Waals surface area contributed by atoms with Crippen LogP contribution in [0, 0.1) is 5.39 Å². The number of diazo groups is 1. The van der Waals surface area contributed by atoms with Crippen LogP contribution < -0.4 is 10.3 Å². The summed E-state index contributed by atoms with van der Waals surface area (Å²) in [6.45, 7) is 6.23. The number of nitrogens with one attached hydrogen (secondary N) is 1. The number of anilines is 2. The minimum Gasteiger partial charge on any atom is -0.726 e. The van der Waals surface area contributed by atoms with Gasteiger partial charge in [0, 0.05) is 18.8 Å². The van der Waals surface area contributed by atoms with Crippen molar-refractivity contribution in [1.29, 1.82) is 5.39 Å². The van der Waals surface area contributed by atoms with Gasteiger partial charge in [0.2, 0.25) is 10.4 Å². The Morgan fingerprint density at radius 3 is 2.05 bits per heavy atom. The molecule has 0 atom stereocenters. The molecule has 0 fully saturated rings. The minimum atomic E-state index is -4.92. The van der Waals surface area contributed by atoms with Gasteiger partial charge >= 0.3 is 5.08 Å². The summed E-state index contributed by atoms with van der Waals surface area (Å²) in [7, 11) is -4.92. The summed E-state index contributed by atoms with van der Waals surface area (Å²) in [4.78, 5) is 2.25. The van der Waals surface area contributed by atoms with Crippen LogP contribution in [0.4, 0.5) is 11.4 Å². The van der Waals surface area contributed by atoms with E-state index in [1.807, 2.05) is 24.3 Å². The SMILES string of the molecule is CCN(CC)c1ccc(N[N+]#N)cc1.O=S(=O)([O-])O. The van der Waals surface area contributed by atoms with Gasteiger partial charge < -0.3 is 9.45 Å². The van der Waals surface area contributed by atoms with E-state index in [4.69, 9.17) is 22.9 Å². The third-order valence-electron chi connectivity index (χ3n) is 2.17. The smallest absolute Gasteiger partial charge is 0.308 e. The first-order chi connectivity index (χ1) is 8.81. The number of nitrogens with zero attached hydrogens (tertiary/aromatic N) is 3. The van der Waals surface area contributed by atoms with E-state index in [1.54, 1.807) is 0 Å². The summed E-state index contributed by atoms with van der Waals surface area (Å²) in [5.41, 5.74) is 4.43. The molecular formula is C10H16N4O4S. The zero-order valence-corrected chi connectivity index (χ0v) is 11.5. The predicted octanol–water partition coefficient (Wildman–Crippen LogP) is 1.72. The summed E-state index contributed by atoms with van der Waals surface area (Å²) >= 11 is 0. The van der Waals surface area contributed by atoms with Crippen LogP contribution >= 0.6 is 0 Å². The molecule has 0 heterocycles. The Hall–Kier alpha value is -1.89. The van der Waals surface area contributed by atoms with Crippen molar-refractivity contribution in [3.63, 3.8) is 0 Å². The second-order valence-corrected chi connectivity index (χ2v) is 4.21. The van der Waals surface area contributed by atoms with E-state index in [0.29, 0.717) is 0 Å². The summed E-state index contributed by atoms with van der Waals surface area (Å²) in [5, 5.41) is 11.2. The van der Waals surface area contributed by atoms with Crippen LogP contribution in [-0.2, 0) is 10.4 Å². The lowest BCUT2D eigenvalue weighted by atomic mass is 10.2. The molecule has 0 spiro atoms. The first-order valence-corrected chi connectivity index (χ1v) is 6.81. The van der Waals surface area contributed by atoms with E-state index < -0.39 is 10.4 Å². The van der Waals surface area contributed by atoms with Crippen LogP contribution in [0.25, 0.3) is 5.08 Å². The van der Waals surface area contributed by atoms with Crippen LogP contribution in [0.15, 0.2) is 24.3 Å². The monoisotopic (exact) mass is 288 g/mol. The lowest BCUT2D eigenvalue weighted by Crippen LogP contribution is -2.21. The number of benzene rings is 1. The van der Waals surface area contributed by atoms with Gasteiger partial charge in [0.1, 0.15) is 5.69 Å². The molecule has 0 aliphatic rings. The van der Waals surface area contributed by atoms with Gasteiger partial charge in [-0.05, 0) is 43.5 Å². The van der Waals surface area contributed by atoms with Crippen LogP contribution in [0.3, 0.4) is 0 Å². The molecular weight excluding hydrogens is 272 g/mol. The van der Waals surface area contributed by atoms with Gasteiger partial charge in [-0.2, -0.15) is 0 Å². The van der Waals surface area contributed by atoms with Gasteiger partial charge in [-0.3, -0.25) is 4.55 Å². The molecule has 1 aromatic carbocycles. The van der Waals surface area contributed by atoms with E-state index in [1.165, 1.54) is 5.69 Å². The molecule has 0 radical (unpaired) electrons. The van der Waals surface area contributed by atoms with E-state index in [2.05, 4.69) is 29.3 Å². The largest absolute Gasteiger partial charge is 0.726 e. The summed E-state index contributed by atoms with van der Waals surface area (Å²) in [6.07, 6.45) is 0. The topological polar surface area (TPSA) is 121 Å². The zero-order chi connectivity index (χ0) is 14.9. The molecule has 0 saturated heterocycles. The average Bonchev–Trinajstić information content (AvgIpc) is 2.31. The Bertz CT molecular complexity index is 497. The highest BCUT2D eigenvalue weighted by molar-refractivity contribution is 7.79. The molecule has 9 heteroatoms. The van der Waals surface area contributed by atoms with E-state index >= 15 is 0 Å². The van der Waals surface area contributed by atoms with Gasteiger partial charge in [-0.1, -0.05) is 0 Å². The zero-order valence-electron chi connectivity index (χ0n) is 10.6. The maximum Gasteiger partial charge on any atom is 0.308 e. The van der Waals surface area contributed by atoms with Crippen molar-refractivity contribution in [3.8, 4) is 0 Å². The predicted molar refractivity (Wildman–Crippen MR) is 71.0 cm³/mol. The van der Waals surface area contributed by atoms with Gasteiger partial charge in [-0.15, -0.1) is 0 Å². The van der Waals surface area contributed by atoms with Crippen LogP contribution in [0.2, 0.25) is 0 Å². The van der Waals surface area contributed by atoms with Gasteiger partial charge in [0.05, 0.1) is 0 Å². The first-order valence-electron chi connectivity index (χ1n) is 5.45. The van der Waals surface area contributed by atoms with Crippen molar-refractivity contribution < 1.29 is 17.5 Å². The highest BCUT2D eigenvalue weighted by Gasteiger charge is 2.02. The highest BCUT2D eigenvalue weighted by Crippen LogP contribution is 2.17. The van der Waals surface area contributed by atoms with Gasteiger partial charge in [-0.25, -0.2) is 8.42 Å². The Labute approximate surface area is 112 Å². The number of rotatable bonds is 4. The fourth-order valence-electron chi connectivity index (χ4n) is 1.39. The van der Waals surface area contributed by atoms with E-state index in [-0.39, 0.29) is 0 Å². The fraction of sp³-hybridized carbons (Fsp3) is 0.400. The second kappa shape index (κ2) is 8.25. The Kier molecular flexibility index (Phi) is 7.43. The van der Waals surface area contributed by atoms with Crippen molar-refractivity contribution in [1.82, 2.24) is 0 Å². The Morgan fingerprint density at radius 1 is 1.32 bits per heavy atom. The fourth-order valence-corrected chi connectivity index (χ4v) is 1.39. The van der Waals surface area contributed by atoms with Crippen molar-refractivity contribution in [3.05, 3.63) is 29.4 Å². The molecule has 0 aromatic heterocycles. The molecule has 8 nitrogen and oxygen atoms in total. The molecule has 19 heavy (non-hydrogen) atoms.